The highest BCUT2D eigenvalue weighted by Gasteiger charge is 2.24. The van der Waals surface area contributed by atoms with Gasteiger partial charge in [-0.05, 0) is 48.2 Å². The standard InChI is InChI=1S/C26H30N4O3S/c1-2-3-6-21-9-11-22(12-10-21)20-34(32,33)24-8-4-7-23(19-24)25(31)29-15-17-30(18-16-29)26-27-13-5-14-28-26/h4-5,7-14,19H,2-3,6,15-18,20H2,1H3. The molecule has 0 bridgehead atoms. The molecule has 0 atom stereocenters. The average Bonchev–Trinajstić information content (AvgIpc) is 2.88. The SMILES string of the molecule is CCCCc1ccc(CS(=O)(=O)c2cccc(C(=O)N3CCN(c4ncccn4)CC3)c2)cc1. The number of aryl methyl sites for hydroxylation is 1. The third-order valence-corrected chi connectivity index (χ3v) is 7.73. The first-order valence-electron chi connectivity index (χ1n) is 11.7. The minimum atomic E-state index is -3.57. The lowest BCUT2D eigenvalue weighted by Crippen LogP contribution is -2.49. The van der Waals surface area contributed by atoms with Gasteiger partial charge in [0.1, 0.15) is 0 Å². The Bertz CT molecular complexity index is 1210. The largest absolute Gasteiger partial charge is 0.337 e. The van der Waals surface area contributed by atoms with Crippen molar-refractivity contribution in [1.82, 2.24) is 14.9 Å². The molecule has 0 unspecified atom stereocenters. The number of benzene rings is 2. The molecule has 1 amide bonds. The van der Waals surface area contributed by atoms with E-state index >= 15 is 0 Å². The van der Waals surface area contributed by atoms with Gasteiger partial charge in [0.25, 0.3) is 5.91 Å². The first-order chi connectivity index (χ1) is 16.5. The van der Waals surface area contributed by atoms with E-state index in [4.69, 9.17) is 0 Å². The van der Waals surface area contributed by atoms with E-state index in [0.717, 1.165) is 24.8 Å². The van der Waals surface area contributed by atoms with Gasteiger partial charge in [-0.3, -0.25) is 4.79 Å². The van der Waals surface area contributed by atoms with E-state index in [9.17, 15) is 13.2 Å². The Morgan fingerprint density at radius 2 is 1.59 bits per heavy atom. The Morgan fingerprint density at radius 3 is 2.26 bits per heavy atom. The van der Waals surface area contributed by atoms with E-state index in [1.54, 1.807) is 41.6 Å². The fraction of sp³-hybridized carbons (Fsp3) is 0.346. The van der Waals surface area contributed by atoms with Crippen LogP contribution < -0.4 is 4.90 Å². The van der Waals surface area contributed by atoms with Gasteiger partial charge in [-0.1, -0.05) is 43.7 Å². The van der Waals surface area contributed by atoms with Crippen LogP contribution in [0, 0.1) is 0 Å². The number of carbonyl (C=O) groups excluding carboxylic acids is 1. The van der Waals surface area contributed by atoms with Crippen LogP contribution in [0.25, 0.3) is 0 Å². The number of piperazine rings is 1. The minimum Gasteiger partial charge on any atom is -0.337 e. The average molecular weight is 479 g/mol. The Balaban J connectivity index is 1.41. The summed E-state index contributed by atoms with van der Waals surface area (Å²) in [5.41, 5.74) is 2.35. The molecule has 2 heterocycles. The molecule has 0 spiro atoms. The molecule has 1 fully saturated rings. The summed E-state index contributed by atoms with van der Waals surface area (Å²) >= 11 is 0. The summed E-state index contributed by atoms with van der Waals surface area (Å²) in [4.78, 5) is 25.6. The maximum absolute atomic E-state index is 13.1. The Hall–Kier alpha value is -3.26. The molecule has 178 valence electrons. The van der Waals surface area contributed by atoms with Gasteiger partial charge in [0.15, 0.2) is 9.84 Å². The lowest BCUT2D eigenvalue weighted by atomic mass is 10.1. The van der Waals surface area contributed by atoms with Crippen LogP contribution in [0.3, 0.4) is 0 Å². The van der Waals surface area contributed by atoms with E-state index in [-0.39, 0.29) is 16.6 Å². The molecule has 0 N–H and O–H groups in total. The number of unbranched alkanes of at least 4 members (excludes halogenated alkanes) is 1. The third-order valence-electron chi connectivity index (χ3n) is 6.04. The quantitative estimate of drug-likeness (QED) is 0.490. The summed E-state index contributed by atoms with van der Waals surface area (Å²) in [6, 6.07) is 15.9. The second-order valence-electron chi connectivity index (χ2n) is 8.54. The molecule has 1 aliphatic rings. The molecule has 0 aliphatic carbocycles. The van der Waals surface area contributed by atoms with Crippen molar-refractivity contribution in [3.63, 3.8) is 0 Å². The van der Waals surface area contributed by atoms with E-state index in [0.29, 0.717) is 37.7 Å². The molecule has 8 heteroatoms. The van der Waals surface area contributed by atoms with E-state index in [2.05, 4.69) is 16.9 Å². The van der Waals surface area contributed by atoms with Crippen LogP contribution in [0.4, 0.5) is 5.95 Å². The van der Waals surface area contributed by atoms with Crippen molar-refractivity contribution >= 4 is 21.7 Å². The smallest absolute Gasteiger partial charge is 0.254 e. The number of carbonyl (C=O) groups is 1. The lowest BCUT2D eigenvalue weighted by Gasteiger charge is -2.34. The van der Waals surface area contributed by atoms with Gasteiger partial charge in [0, 0.05) is 44.1 Å². The highest BCUT2D eigenvalue weighted by Crippen LogP contribution is 2.20. The molecule has 1 aliphatic heterocycles. The second-order valence-corrected chi connectivity index (χ2v) is 10.5. The van der Waals surface area contributed by atoms with Crippen molar-refractivity contribution in [2.75, 3.05) is 31.1 Å². The molecular formula is C26H30N4O3S. The van der Waals surface area contributed by atoms with Crippen molar-refractivity contribution in [3.8, 4) is 0 Å². The molecule has 3 aromatic rings. The number of hydrogen-bond donors (Lipinski definition) is 0. The van der Waals surface area contributed by atoms with Gasteiger partial charge in [0.05, 0.1) is 10.6 Å². The monoisotopic (exact) mass is 478 g/mol. The van der Waals surface area contributed by atoms with Crippen molar-refractivity contribution in [2.45, 2.75) is 36.8 Å². The van der Waals surface area contributed by atoms with Gasteiger partial charge in [-0.15, -0.1) is 0 Å². The van der Waals surface area contributed by atoms with Crippen molar-refractivity contribution in [3.05, 3.63) is 83.7 Å². The maximum Gasteiger partial charge on any atom is 0.254 e. The Morgan fingerprint density at radius 1 is 0.912 bits per heavy atom. The molecule has 1 aromatic heterocycles. The zero-order valence-electron chi connectivity index (χ0n) is 19.4. The number of anilines is 1. The van der Waals surface area contributed by atoms with Crippen LogP contribution in [0.2, 0.25) is 0 Å². The van der Waals surface area contributed by atoms with E-state index in [1.165, 1.54) is 11.6 Å². The number of sulfone groups is 1. The molecule has 7 nitrogen and oxygen atoms in total. The molecular weight excluding hydrogens is 448 g/mol. The van der Waals surface area contributed by atoms with Crippen LogP contribution in [0.5, 0.6) is 0 Å². The van der Waals surface area contributed by atoms with Gasteiger partial charge < -0.3 is 9.80 Å². The summed E-state index contributed by atoms with van der Waals surface area (Å²) in [7, 11) is -3.57. The van der Waals surface area contributed by atoms with E-state index < -0.39 is 9.84 Å². The first kappa shape index (κ1) is 23.9. The molecule has 1 saturated heterocycles. The lowest BCUT2D eigenvalue weighted by molar-refractivity contribution is 0.0746. The number of aromatic nitrogens is 2. The van der Waals surface area contributed by atoms with Crippen LogP contribution >= 0.6 is 0 Å². The summed E-state index contributed by atoms with van der Waals surface area (Å²) in [6.45, 7) is 4.46. The van der Waals surface area contributed by atoms with Crippen molar-refractivity contribution < 1.29 is 13.2 Å². The Kier molecular flexibility index (Phi) is 7.57. The van der Waals surface area contributed by atoms with Gasteiger partial charge in [-0.2, -0.15) is 0 Å². The predicted octanol–water partition coefficient (Wildman–Crippen LogP) is 3.76. The summed E-state index contributed by atoms with van der Waals surface area (Å²) in [6.07, 6.45) is 6.65. The van der Waals surface area contributed by atoms with Crippen molar-refractivity contribution in [1.29, 1.82) is 0 Å². The van der Waals surface area contributed by atoms with Gasteiger partial charge in [-0.25, -0.2) is 18.4 Å². The number of rotatable bonds is 8. The molecule has 4 rings (SSSR count). The molecule has 0 saturated carbocycles. The highest BCUT2D eigenvalue weighted by atomic mass is 32.2. The zero-order valence-corrected chi connectivity index (χ0v) is 20.2. The number of nitrogens with zero attached hydrogens (tertiary/aromatic N) is 4. The van der Waals surface area contributed by atoms with Crippen LogP contribution in [0.1, 0.15) is 41.3 Å². The van der Waals surface area contributed by atoms with Gasteiger partial charge >= 0.3 is 0 Å². The first-order valence-corrected chi connectivity index (χ1v) is 13.3. The highest BCUT2D eigenvalue weighted by molar-refractivity contribution is 7.90. The van der Waals surface area contributed by atoms with Crippen molar-refractivity contribution in [2.24, 2.45) is 0 Å². The van der Waals surface area contributed by atoms with Crippen LogP contribution in [0.15, 0.2) is 71.9 Å². The fourth-order valence-electron chi connectivity index (χ4n) is 4.06. The third kappa shape index (κ3) is 5.80. The van der Waals surface area contributed by atoms with Gasteiger partial charge in [0.2, 0.25) is 5.95 Å². The molecule has 2 aromatic carbocycles. The number of hydrogen-bond acceptors (Lipinski definition) is 6. The fourth-order valence-corrected chi connectivity index (χ4v) is 5.45. The normalized spacial score (nSPS) is 14.3. The summed E-state index contributed by atoms with van der Waals surface area (Å²) in [5, 5.41) is 0. The molecule has 0 radical (unpaired) electrons. The van der Waals surface area contributed by atoms with Crippen LogP contribution in [-0.2, 0) is 22.0 Å². The topological polar surface area (TPSA) is 83.5 Å². The Labute approximate surface area is 201 Å². The van der Waals surface area contributed by atoms with E-state index in [1.807, 2.05) is 29.2 Å². The molecule has 34 heavy (non-hydrogen) atoms. The predicted molar refractivity (Wildman–Crippen MR) is 133 cm³/mol. The van der Waals surface area contributed by atoms with Crippen LogP contribution in [-0.4, -0.2) is 55.4 Å². The summed E-state index contributed by atoms with van der Waals surface area (Å²) < 4.78 is 26.1. The number of amides is 1. The second kappa shape index (κ2) is 10.8. The minimum absolute atomic E-state index is 0.0888. The zero-order chi connectivity index (χ0) is 24.0. The maximum atomic E-state index is 13.1. The summed E-state index contributed by atoms with van der Waals surface area (Å²) in [5.74, 6) is 0.404.